The van der Waals surface area contributed by atoms with Crippen LogP contribution in [0, 0.1) is 0 Å². The van der Waals surface area contributed by atoms with E-state index in [4.69, 9.17) is 0 Å². The monoisotopic (exact) mass is 333 g/mol. The van der Waals surface area contributed by atoms with Crippen LogP contribution in [0.15, 0.2) is 48.9 Å². The van der Waals surface area contributed by atoms with Crippen LogP contribution in [0.1, 0.15) is 34.1 Å². The lowest BCUT2D eigenvalue weighted by Crippen LogP contribution is -2.55. The molecule has 2 rings (SSSR count). The van der Waals surface area contributed by atoms with E-state index < -0.39 is 0 Å². The topological polar surface area (TPSA) is 52.7 Å². The molecule has 0 saturated carbocycles. The normalized spacial score (nSPS) is 23.9. The lowest BCUT2D eigenvalue weighted by atomic mass is 10.0. The van der Waals surface area contributed by atoms with Crippen molar-refractivity contribution in [3.8, 4) is 0 Å². The van der Waals surface area contributed by atoms with Crippen molar-refractivity contribution in [2.24, 2.45) is 0 Å². The van der Waals surface area contributed by atoms with Crippen molar-refractivity contribution in [3.05, 3.63) is 48.9 Å². The summed E-state index contributed by atoms with van der Waals surface area (Å²) in [7, 11) is 2.01. The molecule has 0 aliphatic carbocycles. The van der Waals surface area contributed by atoms with Crippen molar-refractivity contribution < 1.29 is 9.59 Å². The number of nitrogens with zero attached hydrogens (tertiary/aromatic N) is 2. The zero-order valence-corrected chi connectivity index (χ0v) is 14.3. The minimum absolute atomic E-state index is 0. The van der Waals surface area contributed by atoms with E-state index in [1.807, 2.05) is 33.0 Å². The van der Waals surface area contributed by atoms with Gasteiger partial charge in [-0.3, -0.25) is 14.9 Å². The second-order valence-electron chi connectivity index (χ2n) is 5.16. The van der Waals surface area contributed by atoms with Gasteiger partial charge in [0.05, 0.1) is 11.4 Å². The first-order chi connectivity index (χ1) is 11.1. The van der Waals surface area contributed by atoms with Gasteiger partial charge in [-0.05, 0) is 18.6 Å². The highest BCUT2D eigenvalue weighted by Crippen LogP contribution is 2.28. The summed E-state index contributed by atoms with van der Waals surface area (Å²) in [5.41, 5.74) is 1.94. The summed E-state index contributed by atoms with van der Waals surface area (Å²) in [5, 5.41) is 2.42. The molecule has 1 N–H and O–H groups in total. The van der Waals surface area contributed by atoms with E-state index in [-0.39, 0.29) is 25.3 Å². The minimum Gasteiger partial charge on any atom is -0.371 e. The fraction of sp³-hybridized carbons (Fsp3) is 0.474. The van der Waals surface area contributed by atoms with E-state index in [1.54, 1.807) is 12.2 Å². The predicted octanol–water partition coefficient (Wildman–Crippen LogP) is 2.84. The molecule has 2 fully saturated rings. The van der Waals surface area contributed by atoms with E-state index in [0.29, 0.717) is 12.8 Å². The van der Waals surface area contributed by atoms with E-state index >= 15 is 0 Å². The Bertz CT molecular complexity index is 535. The van der Waals surface area contributed by atoms with Gasteiger partial charge in [0.1, 0.15) is 6.04 Å². The number of amides is 2. The molecule has 2 saturated heterocycles. The third-order valence-electron chi connectivity index (χ3n) is 3.80. The van der Waals surface area contributed by atoms with Crippen LogP contribution in [0.2, 0.25) is 0 Å². The van der Waals surface area contributed by atoms with E-state index in [0.717, 1.165) is 24.5 Å². The standard InChI is InChI=1S/C16H21N3O2.C2H6.CH4/c1-4-6-12-13(7-5-2)19(11-10-18(12)3)14-8-9-15(20)17-16(14)21;1-2;/h4-7,14H,1-2,8-11H2,3H3,(H,17,20,21);1-2H3;1H4/b12-6+,13-7+;;. The third-order valence-corrected chi connectivity index (χ3v) is 3.80. The Morgan fingerprint density at radius 2 is 1.67 bits per heavy atom. The molecule has 0 bridgehead atoms. The van der Waals surface area contributed by atoms with Crippen molar-refractivity contribution in [3.63, 3.8) is 0 Å². The molecule has 0 aromatic carbocycles. The first-order valence-electron chi connectivity index (χ1n) is 8.05. The smallest absolute Gasteiger partial charge is 0.249 e. The predicted molar refractivity (Wildman–Crippen MR) is 100 cm³/mol. The van der Waals surface area contributed by atoms with Crippen LogP contribution in [0.4, 0.5) is 0 Å². The Kier molecular flexibility index (Phi) is 9.47. The second-order valence-corrected chi connectivity index (χ2v) is 5.16. The van der Waals surface area contributed by atoms with Crippen LogP contribution in [0.3, 0.4) is 0 Å². The number of piperazine rings is 1. The quantitative estimate of drug-likeness (QED) is 0.807. The maximum absolute atomic E-state index is 12.1. The number of carbonyl (C=O) groups excluding carboxylic acids is 2. The van der Waals surface area contributed by atoms with Gasteiger partial charge in [-0.25, -0.2) is 0 Å². The molecular weight excluding hydrogens is 302 g/mol. The summed E-state index contributed by atoms with van der Waals surface area (Å²) in [6.07, 6.45) is 8.19. The third kappa shape index (κ3) is 4.85. The zero-order chi connectivity index (χ0) is 17.4. The molecule has 134 valence electrons. The van der Waals surface area contributed by atoms with Crippen molar-refractivity contribution in [2.75, 3.05) is 20.1 Å². The number of carbonyl (C=O) groups is 2. The Balaban J connectivity index is 0.00000170. The number of piperidine rings is 1. The fourth-order valence-corrected chi connectivity index (χ4v) is 2.76. The average Bonchev–Trinajstić information content (AvgIpc) is 2.54. The maximum Gasteiger partial charge on any atom is 0.249 e. The molecule has 0 aromatic heterocycles. The molecule has 1 atom stereocenters. The van der Waals surface area contributed by atoms with Crippen molar-refractivity contribution in [2.45, 2.75) is 40.2 Å². The summed E-state index contributed by atoms with van der Waals surface area (Å²) < 4.78 is 0. The Morgan fingerprint density at radius 3 is 2.21 bits per heavy atom. The van der Waals surface area contributed by atoms with Crippen molar-refractivity contribution in [1.29, 1.82) is 0 Å². The minimum atomic E-state index is -0.309. The summed E-state index contributed by atoms with van der Waals surface area (Å²) in [6, 6.07) is -0.309. The van der Waals surface area contributed by atoms with Crippen LogP contribution in [0.25, 0.3) is 0 Å². The van der Waals surface area contributed by atoms with Crippen molar-refractivity contribution in [1.82, 2.24) is 15.1 Å². The van der Waals surface area contributed by atoms with Gasteiger partial charge < -0.3 is 9.80 Å². The van der Waals surface area contributed by atoms with Gasteiger partial charge in [0.25, 0.3) is 0 Å². The lowest BCUT2D eigenvalue weighted by molar-refractivity contribution is -0.137. The summed E-state index contributed by atoms with van der Waals surface area (Å²) >= 11 is 0. The summed E-state index contributed by atoms with van der Waals surface area (Å²) in [6.45, 7) is 13.0. The highest BCUT2D eigenvalue weighted by molar-refractivity contribution is 6.00. The van der Waals surface area contributed by atoms with Crippen molar-refractivity contribution >= 4 is 11.8 Å². The number of nitrogens with one attached hydrogen (secondary N) is 1. The van der Waals surface area contributed by atoms with Crippen LogP contribution in [0.5, 0.6) is 0 Å². The highest BCUT2D eigenvalue weighted by atomic mass is 16.2. The molecule has 2 aliphatic rings. The van der Waals surface area contributed by atoms with Gasteiger partial charge in [0.2, 0.25) is 11.8 Å². The number of hydrogen-bond donors (Lipinski definition) is 1. The highest BCUT2D eigenvalue weighted by Gasteiger charge is 2.35. The summed E-state index contributed by atoms with van der Waals surface area (Å²) in [5.74, 6) is -0.412. The second kappa shape index (κ2) is 10.5. The molecule has 24 heavy (non-hydrogen) atoms. The molecule has 1 unspecified atom stereocenters. The van der Waals surface area contributed by atoms with Gasteiger partial charge in [0.15, 0.2) is 0 Å². The Hall–Kier alpha value is -2.30. The number of likely N-dealkylation sites (N-methyl/N-ethyl adjacent to an activating group) is 1. The molecule has 5 nitrogen and oxygen atoms in total. The van der Waals surface area contributed by atoms with E-state index in [9.17, 15) is 9.59 Å². The number of allylic oxidation sites excluding steroid dienone is 4. The maximum atomic E-state index is 12.1. The molecular formula is C19H31N3O2. The van der Waals surface area contributed by atoms with Crippen LogP contribution in [-0.2, 0) is 9.59 Å². The van der Waals surface area contributed by atoms with Gasteiger partial charge in [-0.15, -0.1) is 0 Å². The first kappa shape index (κ1) is 21.7. The zero-order valence-electron chi connectivity index (χ0n) is 14.3. The van der Waals surface area contributed by atoms with Crippen LogP contribution in [-0.4, -0.2) is 47.8 Å². The van der Waals surface area contributed by atoms with Gasteiger partial charge in [-0.2, -0.15) is 0 Å². The summed E-state index contributed by atoms with van der Waals surface area (Å²) in [4.78, 5) is 27.6. The molecule has 2 heterocycles. The number of hydrogen-bond acceptors (Lipinski definition) is 4. The first-order valence-corrected chi connectivity index (χ1v) is 8.05. The molecule has 5 heteroatoms. The number of imide groups is 1. The molecule has 2 aliphatic heterocycles. The fourth-order valence-electron chi connectivity index (χ4n) is 2.76. The Labute approximate surface area is 146 Å². The van der Waals surface area contributed by atoms with Crippen LogP contribution >= 0.6 is 0 Å². The molecule has 0 radical (unpaired) electrons. The largest absolute Gasteiger partial charge is 0.371 e. The SMILES string of the molecule is C.C=C/C=C1\C(=C/C=C)N(C2CCC(=O)NC2=O)CCN1C.CC. The Morgan fingerprint density at radius 1 is 1.08 bits per heavy atom. The van der Waals surface area contributed by atoms with Crippen LogP contribution < -0.4 is 5.32 Å². The molecule has 0 spiro atoms. The van der Waals surface area contributed by atoms with Gasteiger partial charge in [0, 0.05) is 26.6 Å². The molecule has 2 amide bonds. The van der Waals surface area contributed by atoms with E-state index in [2.05, 4.69) is 28.3 Å². The molecule has 0 aromatic rings. The van der Waals surface area contributed by atoms with Gasteiger partial charge in [-0.1, -0.05) is 46.6 Å². The number of rotatable bonds is 3. The van der Waals surface area contributed by atoms with Gasteiger partial charge >= 0.3 is 0 Å². The lowest BCUT2D eigenvalue weighted by Gasteiger charge is -2.43. The van der Waals surface area contributed by atoms with E-state index in [1.165, 1.54) is 0 Å². The average molecular weight is 333 g/mol.